The third-order valence-corrected chi connectivity index (χ3v) is 6.44. The van der Waals surface area contributed by atoms with Gasteiger partial charge in [0.2, 0.25) is 10.0 Å². The van der Waals surface area contributed by atoms with E-state index in [0.29, 0.717) is 24.3 Å². The lowest BCUT2D eigenvalue weighted by Crippen LogP contribution is -2.32. The number of hydrogen-bond donors (Lipinski definition) is 2. The van der Waals surface area contributed by atoms with Crippen molar-refractivity contribution in [2.45, 2.75) is 38.7 Å². The van der Waals surface area contributed by atoms with Crippen LogP contribution in [0, 0.1) is 6.92 Å². The van der Waals surface area contributed by atoms with Crippen LogP contribution in [0.2, 0.25) is 0 Å². The lowest BCUT2D eigenvalue weighted by molar-refractivity contribution is -0.123. The van der Waals surface area contributed by atoms with Gasteiger partial charge in [0.25, 0.3) is 5.91 Å². The van der Waals surface area contributed by atoms with Gasteiger partial charge in [0.05, 0.1) is 4.90 Å². The van der Waals surface area contributed by atoms with Crippen molar-refractivity contribution in [2.75, 3.05) is 18.4 Å². The Morgan fingerprint density at radius 2 is 1.89 bits per heavy atom. The third kappa shape index (κ3) is 4.79. The van der Waals surface area contributed by atoms with Crippen LogP contribution in [0.3, 0.4) is 0 Å². The van der Waals surface area contributed by atoms with Gasteiger partial charge in [-0.25, -0.2) is 13.2 Å². The van der Waals surface area contributed by atoms with Crippen LogP contribution < -0.4 is 5.32 Å². The molecule has 0 saturated heterocycles. The van der Waals surface area contributed by atoms with Gasteiger partial charge in [-0.2, -0.15) is 4.31 Å². The number of carbonyl (C=O) groups excluding carboxylic acids is 2. The Balaban J connectivity index is 2.16. The van der Waals surface area contributed by atoms with Crippen LogP contribution in [0.25, 0.3) is 0 Å². The van der Waals surface area contributed by atoms with Crippen LogP contribution in [0.4, 0.5) is 5.69 Å². The molecule has 0 aliphatic carbocycles. The smallest absolute Gasteiger partial charge is 0.355 e. The highest BCUT2D eigenvalue weighted by molar-refractivity contribution is 7.89. The molecule has 0 fully saturated rings. The third-order valence-electron chi connectivity index (χ3n) is 4.25. The summed E-state index contributed by atoms with van der Waals surface area (Å²) < 4.78 is 32.1. The fourth-order valence-corrected chi connectivity index (χ4v) is 4.35. The zero-order valence-corrected chi connectivity index (χ0v) is 17.2. The minimum absolute atomic E-state index is 0.130. The van der Waals surface area contributed by atoms with E-state index in [2.05, 4.69) is 10.3 Å². The van der Waals surface area contributed by atoms with Gasteiger partial charge < -0.3 is 15.0 Å². The van der Waals surface area contributed by atoms with Crippen LogP contribution in [0.1, 0.15) is 36.8 Å². The number of sulfonamides is 1. The highest BCUT2D eigenvalue weighted by Gasteiger charge is 2.25. The first-order valence-corrected chi connectivity index (χ1v) is 10.4. The molecule has 1 aromatic carbocycles. The molecule has 0 saturated carbocycles. The standard InChI is InChI=1S/C19H25N3O5S/c1-5-22(6-2)28(25,26)17-12-15(10-9-13(17)3)21-18(23)14(4)27-19(24)16-8-7-11-20-16/h7-12,14,20H,5-6H2,1-4H3,(H,21,23)/t14-/m0/s1. The quantitative estimate of drug-likeness (QED) is 0.654. The lowest BCUT2D eigenvalue weighted by atomic mass is 10.2. The Morgan fingerprint density at radius 1 is 1.21 bits per heavy atom. The number of aryl methyl sites for hydroxylation is 1. The molecule has 9 heteroatoms. The van der Waals surface area contributed by atoms with Crippen LogP contribution in [0.5, 0.6) is 0 Å². The summed E-state index contributed by atoms with van der Waals surface area (Å²) in [6.07, 6.45) is 0.519. The van der Waals surface area contributed by atoms with Gasteiger partial charge in [0.15, 0.2) is 6.10 Å². The Kier molecular flexibility index (Phi) is 6.98. The predicted molar refractivity (Wildman–Crippen MR) is 106 cm³/mol. The van der Waals surface area contributed by atoms with E-state index < -0.39 is 28.0 Å². The average Bonchev–Trinajstić information content (AvgIpc) is 3.18. The minimum Gasteiger partial charge on any atom is -0.448 e. The minimum atomic E-state index is -3.67. The highest BCUT2D eigenvalue weighted by Crippen LogP contribution is 2.24. The summed E-state index contributed by atoms with van der Waals surface area (Å²) in [6.45, 7) is 7.37. The molecule has 1 atom stereocenters. The number of hydrogen-bond acceptors (Lipinski definition) is 5. The van der Waals surface area contributed by atoms with Crippen molar-refractivity contribution in [3.05, 3.63) is 47.8 Å². The number of aromatic amines is 1. The molecular weight excluding hydrogens is 382 g/mol. The number of carbonyl (C=O) groups is 2. The van der Waals surface area contributed by atoms with Gasteiger partial charge in [-0.05, 0) is 43.7 Å². The molecule has 0 bridgehead atoms. The van der Waals surface area contributed by atoms with Crippen molar-refractivity contribution in [1.29, 1.82) is 0 Å². The molecule has 1 aromatic heterocycles. The maximum Gasteiger partial charge on any atom is 0.355 e. The number of amides is 1. The van der Waals surface area contributed by atoms with Crippen LogP contribution in [-0.4, -0.2) is 48.8 Å². The monoisotopic (exact) mass is 407 g/mol. The van der Waals surface area contributed by atoms with Gasteiger partial charge in [-0.15, -0.1) is 0 Å². The molecule has 1 amide bonds. The molecule has 152 valence electrons. The number of H-pyrrole nitrogens is 1. The molecule has 0 aliphatic rings. The number of rotatable bonds is 8. The fourth-order valence-electron chi connectivity index (χ4n) is 2.64. The van der Waals surface area contributed by atoms with Gasteiger partial charge in [0, 0.05) is 25.0 Å². The fraction of sp³-hybridized carbons (Fsp3) is 0.368. The lowest BCUT2D eigenvalue weighted by Gasteiger charge is -2.20. The van der Waals surface area contributed by atoms with Crippen LogP contribution >= 0.6 is 0 Å². The molecule has 2 aromatic rings. The van der Waals surface area contributed by atoms with E-state index in [1.54, 1.807) is 45.2 Å². The normalized spacial score (nSPS) is 12.6. The van der Waals surface area contributed by atoms with Gasteiger partial charge in [-0.1, -0.05) is 19.9 Å². The Morgan fingerprint density at radius 3 is 2.46 bits per heavy atom. The first kappa shape index (κ1) is 21.6. The first-order chi connectivity index (χ1) is 13.2. The van der Waals surface area contributed by atoms with E-state index in [0.717, 1.165) is 0 Å². The molecule has 0 radical (unpaired) electrons. The van der Waals surface area contributed by atoms with E-state index in [4.69, 9.17) is 4.74 Å². The number of ether oxygens (including phenoxy) is 1. The maximum absolute atomic E-state index is 12.8. The van der Waals surface area contributed by atoms with Crippen molar-refractivity contribution < 1.29 is 22.7 Å². The second kappa shape index (κ2) is 9.03. The molecule has 8 nitrogen and oxygen atoms in total. The summed E-state index contributed by atoms with van der Waals surface area (Å²) in [5.41, 5.74) is 1.13. The summed E-state index contributed by atoms with van der Waals surface area (Å²) in [5.74, 6) is -1.21. The van der Waals surface area contributed by atoms with Crippen LogP contribution in [0.15, 0.2) is 41.4 Å². The summed E-state index contributed by atoms with van der Waals surface area (Å²) in [7, 11) is -3.67. The first-order valence-electron chi connectivity index (χ1n) is 8.96. The van der Waals surface area contributed by atoms with E-state index in [-0.39, 0.29) is 10.6 Å². The summed E-state index contributed by atoms with van der Waals surface area (Å²) in [6, 6.07) is 7.83. The van der Waals surface area contributed by atoms with Crippen LogP contribution in [-0.2, 0) is 19.6 Å². The second-order valence-electron chi connectivity index (χ2n) is 6.19. The van der Waals surface area contributed by atoms with Crippen molar-refractivity contribution >= 4 is 27.6 Å². The second-order valence-corrected chi connectivity index (χ2v) is 8.10. The van der Waals surface area contributed by atoms with E-state index in [9.17, 15) is 18.0 Å². The molecular formula is C19H25N3O5S. The molecule has 2 rings (SSSR count). The van der Waals surface area contributed by atoms with Crippen molar-refractivity contribution in [3.63, 3.8) is 0 Å². The topological polar surface area (TPSA) is 109 Å². The average molecular weight is 407 g/mol. The number of aromatic nitrogens is 1. The molecule has 28 heavy (non-hydrogen) atoms. The molecule has 0 spiro atoms. The maximum atomic E-state index is 12.8. The van der Waals surface area contributed by atoms with Crippen molar-refractivity contribution in [1.82, 2.24) is 9.29 Å². The van der Waals surface area contributed by atoms with Gasteiger partial charge in [-0.3, -0.25) is 4.79 Å². The number of anilines is 1. The highest BCUT2D eigenvalue weighted by atomic mass is 32.2. The number of benzene rings is 1. The molecule has 2 N–H and O–H groups in total. The zero-order valence-electron chi connectivity index (χ0n) is 16.4. The van der Waals surface area contributed by atoms with E-state index in [1.165, 1.54) is 23.4 Å². The number of nitrogens with one attached hydrogen (secondary N) is 2. The summed E-state index contributed by atoms with van der Waals surface area (Å²) in [5, 5.41) is 2.60. The SMILES string of the molecule is CCN(CC)S(=O)(=O)c1cc(NC(=O)[C@H](C)OC(=O)c2ccc[nH]2)ccc1C. The zero-order chi connectivity index (χ0) is 20.9. The number of nitrogens with zero attached hydrogens (tertiary/aromatic N) is 1. The Labute approximate surface area is 164 Å². The van der Waals surface area contributed by atoms with Crippen molar-refractivity contribution in [2.24, 2.45) is 0 Å². The molecule has 0 unspecified atom stereocenters. The van der Waals surface area contributed by atoms with Gasteiger partial charge in [0.1, 0.15) is 5.69 Å². The van der Waals surface area contributed by atoms with E-state index in [1.807, 2.05) is 0 Å². The predicted octanol–water partition coefficient (Wildman–Crippen LogP) is 2.54. The Bertz CT molecular complexity index is 934. The Hall–Kier alpha value is -2.65. The number of esters is 1. The molecule has 1 heterocycles. The summed E-state index contributed by atoms with van der Waals surface area (Å²) >= 11 is 0. The summed E-state index contributed by atoms with van der Waals surface area (Å²) in [4.78, 5) is 27.1. The van der Waals surface area contributed by atoms with Gasteiger partial charge >= 0.3 is 5.97 Å². The van der Waals surface area contributed by atoms with E-state index >= 15 is 0 Å². The van der Waals surface area contributed by atoms with Crippen molar-refractivity contribution in [3.8, 4) is 0 Å². The molecule has 0 aliphatic heterocycles. The largest absolute Gasteiger partial charge is 0.448 e.